The molecule has 6 nitrogen and oxygen atoms in total. The topological polar surface area (TPSA) is 55.8 Å². The molecule has 0 radical (unpaired) electrons. The molecule has 5 atom stereocenters. The number of methoxy groups -OCH3 is 2. The smallest absolute Gasteiger partial charge is 0.337 e. The zero-order valence-corrected chi connectivity index (χ0v) is 18.7. The van der Waals surface area contributed by atoms with Crippen molar-refractivity contribution in [2.24, 2.45) is 11.8 Å². The van der Waals surface area contributed by atoms with Gasteiger partial charge in [-0.15, -0.1) is 0 Å². The van der Waals surface area contributed by atoms with Gasteiger partial charge in [0.05, 0.1) is 46.2 Å². The Hall–Kier alpha value is -2.34. The number of amides is 1. The Bertz CT molecular complexity index is 897. The number of anilines is 1. The summed E-state index contributed by atoms with van der Waals surface area (Å²) in [6.45, 7) is 4.11. The lowest BCUT2D eigenvalue weighted by Gasteiger charge is -2.49. The van der Waals surface area contributed by atoms with E-state index in [1.807, 2.05) is 30.1 Å². The van der Waals surface area contributed by atoms with E-state index in [4.69, 9.17) is 9.47 Å². The molecule has 2 fully saturated rings. The zero-order chi connectivity index (χ0) is 21.7. The van der Waals surface area contributed by atoms with E-state index in [-0.39, 0.29) is 23.8 Å². The van der Waals surface area contributed by atoms with Crippen LogP contribution in [0.3, 0.4) is 0 Å². The molecule has 0 bridgehead atoms. The second kappa shape index (κ2) is 7.41. The predicted octanol–water partition coefficient (Wildman–Crippen LogP) is 2.87. The molecule has 1 amide bonds. The molecule has 6 heteroatoms. The number of quaternary nitrogens is 1. The van der Waals surface area contributed by atoms with E-state index in [1.54, 1.807) is 13.4 Å². The molecule has 1 aromatic rings. The van der Waals surface area contributed by atoms with Gasteiger partial charge >= 0.3 is 5.97 Å². The Morgan fingerprint density at radius 2 is 2.07 bits per heavy atom. The number of piperidine rings is 1. The Kier molecular flexibility index (Phi) is 5.17. The van der Waals surface area contributed by atoms with Crippen molar-refractivity contribution in [3.63, 3.8) is 0 Å². The summed E-state index contributed by atoms with van der Waals surface area (Å²) in [6.07, 6.45) is 4.14. The van der Waals surface area contributed by atoms with E-state index in [0.717, 1.165) is 48.1 Å². The number of nitrogens with zero attached hydrogens (tertiary/aromatic N) is 2. The number of ether oxygens (including phenoxy) is 2. The van der Waals surface area contributed by atoms with E-state index in [9.17, 15) is 9.59 Å². The highest BCUT2D eigenvalue weighted by molar-refractivity contribution is 6.08. The molecule has 4 rings (SSSR count). The van der Waals surface area contributed by atoms with E-state index in [2.05, 4.69) is 20.0 Å². The molecule has 2 saturated heterocycles. The number of benzene rings is 1. The quantitative estimate of drug-likeness (QED) is 0.330. The summed E-state index contributed by atoms with van der Waals surface area (Å²) in [5.74, 6) is 0.212. The van der Waals surface area contributed by atoms with Crippen LogP contribution in [0.25, 0.3) is 0 Å². The minimum absolute atomic E-state index is 0.0134. The molecule has 30 heavy (non-hydrogen) atoms. The molecular formula is C24H33N2O4+. The van der Waals surface area contributed by atoms with Crippen LogP contribution in [0.1, 0.15) is 31.7 Å². The van der Waals surface area contributed by atoms with Crippen LogP contribution in [0.5, 0.6) is 0 Å². The summed E-state index contributed by atoms with van der Waals surface area (Å²) >= 11 is 0. The lowest BCUT2D eigenvalue weighted by molar-refractivity contribution is -0.932. The van der Waals surface area contributed by atoms with Gasteiger partial charge in [-0.2, -0.15) is 0 Å². The number of rotatable bonds is 4. The summed E-state index contributed by atoms with van der Waals surface area (Å²) in [5.41, 5.74) is 2.23. The molecule has 1 unspecified atom stereocenters. The summed E-state index contributed by atoms with van der Waals surface area (Å²) in [6, 6.07) is 8.33. The first-order valence-electron chi connectivity index (χ1n) is 10.9. The number of fused-ring (bicyclic) bond motifs is 4. The fraction of sp³-hybridized carbons (Fsp3) is 0.583. The monoisotopic (exact) mass is 413 g/mol. The lowest BCUT2D eigenvalue weighted by Crippen LogP contribution is -2.62. The maximum absolute atomic E-state index is 13.7. The summed E-state index contributed by atoms with van der Waals surface area (Å²) < 4.78 is 11.2. The van der Waals surface area contributed by atoms with E-state index in [1.165, 1.54) is 7.11 Å². The third-order valence-corrected chi connectivity index (χ3v) is 8.06. The van der Waals surface area contributed by atoms with Crippen LogP contribution in [0, 0.1) is 11.8 Å². The minimum atomic E-state index is -0.522. The van der Waals surface area contributed by atoms with E-state index in [0.29, 0.717) is 11.5 Å². The number of likely N-dealkylation sites (N-methyl/N-ethyl adjacent to an activating group) is 2. The number of esters is 1. The third kappa shape index (κ3) is 2.73. The van der Waals surface area contributed by atoms with Crippen LogP contribution < -0.4 is 4.90 Å². The molecular weight excluding hydrogens is 380 g/mol. The van der Waals surface area contributed by atoms with Gasteiger partial charge in [0.1, 0.15) is 11.5 Å². The molecule has 0 saturated carbocycles. The third-order valence-electron chi connectivity index (χ3n) is 8.06. The van der Waals surface area contributed by atoms with E-state index < -0.39 is 5.41 Å². The van der Waals surface area contributed by atoms with Crippen molar-refractivity contribution in [3.8, 4) is 0 Å². The maximum atomic E-state index is 13.7. The van der Waals surface area contributed by atoms with Gasteiger partial charge in [0.2, 0.25) is 5.91 Å². The molecule has 0 aliphatic carbocycles. The van der Waals surface area contributed by atoms with Gasteiger partial charge in [0, 0.05) is 37.4 Å². The molecule has 3 aliphatic rings. The van der Waals surface area contributed by atoms with Crippen LogP contribution in [-0.2, 0) is 24.5 Å². The molecule has 0 N–H and O–H groups in total. The fourth-order valence-electron chi connectivity index (χ4n) is 6.61. The second-order valence-corrected chi connectivity index (χ2v) is 9.32. The lowest BCUT2D eigenvalue weighted by atomic mass is 9.66. The predicted molar refractivity (Wildman–Crippen MR) is 115 cm³/mol. The molecule has 3 aliphatic heterocycles. The van der Waals surface area contributed by atoms with Gasteiger partial charge in [-0.05, 0) is 18.1 Å². The summed E-state index contributed by atoms with van der Waals surface area (Å²) in [4.78, 5) is 28.2. The van der Waals surface area contributed by atoms with Crippen molar-refractivity contribution in [1.82, 2.24) is 0 Å². The van der Waals surface area contributed by atoms with Crippen molar-refractivity contribution in [2.45, 2.75) is 37.6 Å². The first-order valence-corrected chi connectivity index (χ1v) is 10.9. The molecule has 162 valence electrons. The SMILES string of the molecule is CC[C@H]1C[N+]2(C)CC[C@]3(C(=O)N(C)c4ccccc43)[C@H]2C[C@@H]1/C(=C\OC)C(=O)OC. The number of carbonyl (C=O) groups excluding carboxylic acids is 2. The van der Waals surface area contributed by atoms with Crippen LogP contribution in [0.15, 0.2) is 36.1 Å². The Labute approximate surface area is 179 Å². The first-order chi connectivity index (χ1) is 14.3. The summed E-state index contributed by atoms with van der Waals surface area (Å²) in [5, 5.41) is 0. The average Bonchev–Trinajstić information content (AvgIpc) is 3.18. The largest absolute Gasteiger partial charge is 0.504 e. The Morgan fingerprint density at radius 1 is 1.33 bits per heavy atom. The van der Waals surface area contributed by atoms with Gasteiger partial charge in [-0.3, -0.25) is 4.79 Å². The van der Waals surface area contributed by atoms with Crippen molar-refractivity contribution in [2.75, 3.05) is 46.3 Å². The number of hydrogen-bond donors (Lipinski definition) is 0. The second-order valence-electron chi connectivity index (χ2n) is 9.32. The van der Waals surface area contributed by atoms with Crippen LogP contribution >= 0.6 is 0 Å². The van der Waals surface area contributed by atoms with Crippen molar-refractivity contribution in [1.29, 1.82) is 0 Å². The highest BCUT2D eigenvalue weighted by Gasteiger charge is 2.67. The molecule has 1 aromatic carbocycles. The van der Waals surface area contributed by atoms with Gasteiger partial charge in [0.25, 0.3) is 0 Å². The van der Waals surface area contributed by atoms with Gasteiger partial charge in [0.15, 0.2) is 0 Å². The Balaban J connectivity index is 1.81. The van der Waals surface area contributed by atoms with Crippen LogP contribution in [0.4, 0.5) is 5.69 Å². The van der Waals surface area contributed by atoms with Gasteiger partial charge in [-0.25, -0.2) is 4.79 Å². The molecule has 1 spiro atoms. The molecule has 0 aromatic heterocycles. The normalized spacial score (nSPS) is 35.4. The van der Waals surface area contributed by atoms with Crippen molar-refractivity contribution in [3.05, 3.63) is 41.7 Å². The number of carbonyl (C=O) groups is 2. The number of hydrogen-bond acceptors (Lipinski definition) is 4. The number of para-hydroxylation sites is 1. The average molecular weight is 414 g/mol. The van der Waals surface area contributed by atoms with Gasteiger partial charge < -0.3 is 18.9 Å². The zero-order valence-electron chi connectivity index (χ0n) is 18.7. The maximum Gasteiger partial charge on any atom is 0.337 e. The van der Waals surface area contributed by atoms with Crippen molar-refractivity contribution >= 4 is 17.6 Å². The van der Waals surface area contributed by atoms with Crippen molar-refractivity contribution < 1.29 is 23.5 Å². The highest BCUT2D eigenvalue weighted by atomic mass is 16.5. The molecule has 3 heterocycles. The highest BCUT2D eigenvalue weighted by Crippen LogP contribution is 2.56. The van der Waals surface area contributed by atoms with Crippen LogP contribution in [-0.4, -0.2) is 63.8 Å². The fourth-order valence-corrected chi connectivity index (χ4v) is 6.61. The minimum Gasteiger partial charge on any atom is -0.504 e. The van der Waals surface area contributed by atoms with E-state index >= 15 is 0 Å². The standard InChI is InChI=1S/C24H33N2O4/c1-6-16-14-26(3)12-11-24(19-9-7-8-10-20(19)25(2)23(24)28)21(26)13-17(16)18(15-29-4)22(27)30-5/h7-10,15-17,21H,6,11-14H2,1-5H3/q+1/b18-15+/t16-,17-,21+,24+,26?/m0/s1. The van der Waals surface area contributed by atoms with Crippen LogP contribution in [0.2, 0.25) is 0 Å². The first kappa shape index (κ1) is 20.9. The summed E-state index contributed by atoms with van der Waals surface area (Å²) in [7, 11) is 7.16. The van der Waals surface area contributed by atoms with Gasteiger partial charge in [-0.1, -0.05) is 25.1 Å². The Morgan fingerprint density at radius 3 is 2.73 bits per heavy atom.